The van der Waals surface area contributed by atoms with Gasteiger partial charge in [0.25, 0.3) is 5.56 Å². The average Bonchev–Trinajstić information content (AvgIpc) is 2.98. The molecule has 24 heavy (non-hydrogen) atoms. The fraction of sp³-hybridized carbons (Fsp3) is 0.118. The molecule has 0 amide bonds. The molecule has 0 bridgehead atoms. The maximum atomic E-state index is 12.7. The van der Waals surface area contributed by atoms with Crippen LogP contribution in [0.3, 0.4) is 0 Å². The molecule has 120 valence electrons. The van der Waals surface area contributed by atoms with E-state index in [1.165, 1.54) is 4.68 Å². The van der Waals surface area contributed by atoms with Gasteiger partial charge in [0.15, 0.2) is 0 Å². The van der Waals surface area contributed by atoms with Gasteiger partial charge in [-0.15, -0.1) is 0 Å². The molecule has 0 saturated carbocycles. The van der Waals surface area contributed by atoms with Crippen LogP contribution in [0, 0.1) is 0 Å². The Hall–Kier alpha value is -3.35. The van der Waals surface area contributed by atoms with E-state index in [9.17, 15) is 4.79 Å². The number of fused-ring (bicyclic) bond motifs is 3. The van der Waals surface area contributed by atoms with Crippen molar-refractivity contribution in [1.82, 2.24) is 19.7 Å². The van der Waals surface area contributed by atoms with Crippen LogP contribution >= 0.6 is 0 Å². The Morgan fingerprint density at radius 2 is 2.04 bits per heavy atom. The minimum absolute atomic E-state index is 0.202. The number of H-pyrrole nitrogens is 1. The SMILES string of the molecule is COc1cccc(-n2nc3c4cnc(OC)cc4[nH]cc-3c2=O)c1. The van der Waals surface area contributed by atoms with Gasteiger partial charge in [-0.2, -0.15) is 9.78 Å². The van der Waals surface area contributed by atoms with Crippen molar-refractivity contribution in [2.75, 3.05) is 14.2 Å². The number of methoxy groups -OCH3 is 2. The highest BCUT2D eigenvalue weighted by Crippen LogP contribution is 2.27. The van der Waals surface area contributed by atoms with Gasteiger partial charge in [-0.3, -0.25) is 4.79 Å². The summed E-state index contributed by atoms with van der Waals surface area (Å²) < 4.78 is 11.7. The zero-order chi connectivity index (χ0) is 16.7. The van der Waals surface area contributed by atoms with E-state index in [1.54, 1.807) is 38.7 Å². The van der Waals surface area contributed by atoms with Gasteiger partial charge < -0.3 is 14.5 Å². The summed E-state index contributed by atoms with van der Waals surface area (Å²) in [6.07, 6.45) is 3.30. The van der Waals surface area contributed by atoms with E-state index in [-0.39, 0.29) is 5.56 Å². The summed E-state index contributed by atoms with van der Waals surface area (Å²) in [5, 5.41) is 5.25. The number of pyridine rings is 2. The zero-order valence-electron chi connectivity index (χ0n) is 13.1. The molecule has 0 unspecified atom stereocenters. The van der Waals surface area contributed by atoms with E-state index in [2.05, 4.69) is 15.1 Å². The standard InChI is InChI=1S/C17H14N4O3/c1-23-11-5-3-4-10(6-11)21-17(22)13-9-18-14-7-15(24-2)19-8-12(14)16(13)20-21/h3-9,18H,1-2H3. The van der Waals surface area contributed by atoms with E-state index in [0.717, 1.165) is 10.9 Å². The van der Waals surface area contributed by atoms with E-state index in [4.69, 9.17) is 9.47 Å². The minimum atomic E-state index is -0.202. The Kier molecular flexibility index (Phi) is 3.19. The number of rotatable bonds is 3. The third-order valence-corrected chi connectivity index (χ3v) is 3.89. The monoisotopic (exact) mass is 322 g/mol. The first-order valence-corrected chi connectivity index (χ1v) is 7.30. The Morgan fingerprint density at radius 3 is 2.83 bits per heavy atom. The van der Waals surface area contributed by atoms with Crippen LogP contribution < -0.4 is 15.0 Å². The van der Waals surface area contributed by atoms with Crippen molar-refractivity contribution in [3.05, 3.63) is 53.1 Å². The average molecular weight is 322 g/mol. The largest absolute Gasteiger partial charge is 0.497 e. The fourth-order valence-electron chi connectivity index (χ4n) is 2.67. The molecule has 0 fully saturated rings. The van der Waals surface area contributed by atoms with Crippen LogP contribution in [0.4, 0.5) is 0 Å². The molecule has 3 heterocycles. The molecule has 0 atom stereocenters. The summed E-state index contributed by atoms with van der Waals surface area (Å²) in [5.41, 5.74) is 2.33. The maximum absolute atomic E-state index is 12.7. The highest BCUT2D eigenvalue weighted by molar-refractivity contribution is 5.93. The molecular weight excluding hydrogens is 308 g/mol. The highest BCUT2D eigenvalue weighted by Gasteiger charge is 2.19. The normalized spacial score (nSPS) is 11.1. The predicted octanol–water partition coefficient (Wildman–Crippen LogP) is 2.23. The van der Waals surface area contributed by atoms with Crippen LogP contribution in [0.25, 0.3) is 27.8 Å². The van der Waals surface area contributed by atoms with E-state index >= 15 is 0 Å². The van der Waals surface area contributed by atoms with Gasteiger partial charge in [0.05, 0.1) is 31.0 Å². The summed E-state index contributed by atoms with van der Waals surface area (Å²) in [5.74, 6) is 1.15. The fourth-order valence-corrected chi connectivity index (χ4v) is 2.67. The number of nitrogens with one attached hydrogen (secondary N) is 1. The number of aromatic nitrogens is 4. The molecule has 0 spiro atoms. The minimum Gasteiger partial charge on any atom is -0.497 e. The predicted molar refractivity (Wildman–Crippen MR) is 89.2 cm³/mol. The molecule has 0 radical (unpaired) electrons. The summed E-state index contributed by atoms with van der Waals surface area (Å²) in [6.45, 7) is 0. The quantitative estimate of drug-likeness (QED) is 0.625. The summed E-state index contributed by atoms with van der Waals surface area (Å²) >= 11 is 0. The van der Waals surface area contributed by atoms with Gasteiger partial charge in [0.1, 0.15) is 11.4 Å². The molecule has 1 aromatic carbocycles. The van der Waals surface area contributed by atoms with Crippen LogP contribution in [0.15, 0.2) is 47.5 Å². The van der Waals surface area contributed by atoms with Crippen molar-refractivity contribution in [2.24, 2.45) is 0 Å². The number of nitrogens with zero attached hydrogens (tertiary/aromatic N) is 3. The van der Waals surface area contributed by atoms with Crippen molar-refractivity contribution in [3.63, 3.8) is 0 Å². The zero-order valence-corrected chi connectivity index (χ0v) is 13.1. The van der Waals surface area contributed by atoms with Gasteiger partial charge >= 0.3 is 0 Å². The van der Waals surface area contributed by atoms with Crippen molar-refractivity contribution < 1.29 is 9.47 Å². The molecule has 1 N–H and O–H groups in total. The van der Waals surface area contributed by atoms with Crippen LogP contribution in [-0.2, 0) is 0 Å². The molecule has 7 heteroatoms. The van der Waals surface area contributed by atoms with Crippen LogP contribution in [-0.4, -0.2) is 34.0 Å². The molecule has 1 aromatic heterocycles. The molecular formula is C17H14N4O3. The summed E-state index contributed by atoms with van der Waals surface area (Å²) in [4.78, 5) is 20.0. The molecule has 2 aliphatic rings. The second kappa shape index (κ2) is 5.38. The number of hydrogen-bond donors (Lipinski definition) is 1. The summed E-state index contributed by atoms with van der Waals surface area (Å²) in [6, 6.07) is 8.97. The van der Waals surface area contributed by atoms with Crippen molar-refractivity contribution in [2.45, 2.75) is 0 Å². The Bertz CT molecular complexity index is 1070. The number of hydrogen-bond acceptors (Lipinski definition) is 5. The van der Waals surface area contributed by atoms with E-state index < -0.39 is 0 Å². The Labute approximate surface area is 136 Å². The first kappa shape index (κ1) is 14.3. The molecule has 0 aliphatic carbocycles. The highest BCUT2D eigenvalue weighted by atomic mass is 16.5. The Morgan fingerprint density at radius 1 is 1.17 bits per heavy atom. The van der Waals surface area contributed by atoms with Crippen molar-refractivity contribution in [1.29, 1.82) is 0 Å². The third kappa shape index (κ3) is 2.10. The lowest BCUT2D eigenvalue weighted by atomic mass is 10.1. The topological polar surface area (TPSA) is 82.0 Å². The third-order valence-electron chi connectivity index (χ3n) is 3.89. The van der Waals surface area contributed by atoms with E-state index in [0.29, 0.717) is 28.6 Å². The van der Waals surface area contributed by atoms with Crippen molar-refractivity contribution >= 4 is 10.9 Å². The lowest BCUT2D eigenvalue weighted by Gasteiger charge is -2.04. The Balaban J connectivity index is 1.98. The lowest BCUT2D eigenvalue weighted by molar-refractivity contribution is 0.398. The van der Waals surface area contributed by atoms with Crippen LogP contribution in [0.1, 0.15) is 0 Å². The smallest absolute Gasteiger partial charge is 0.282 e. The van der Waals surface area contributed by atoms with Crippen molar-refractivity contribution in [3.8, 4) is 28.6 Å². The number of benzene rings is 1. The number of aromatic amines is 1. The molecule has 7 nitrogen and oxygen atoms in total. The van der Waals surface area contributed by atoms with E-state index in [1.807, 2.05) is 18.2 Å². The number of ether oxygens (including phenoxy) is 2. The molecule has 2 aromatic rings. The van der Waals surface area contributed by atoms with Gasteiger partial charge in [-0.25, -0.2) is 4.98 Å². The first-order valence-electron chi connectivity index (χ1n) is 7.30. The lowest BCUT2D eigenvalue weighted by Crippen LogP contribution is -2.14. The van der Waals surface area contributed by atoms with Crippen LogP contribution in [0.2, 0.25) is 0 Å². The summed E-state index contributed by atoms with van der Waals surface area (Å²) in [7, 11) is 3.14. The van der Waals surface area contributed by atoms with Gasteiger partial charge in [-0.05, 0) is 12.1 Å². The second-order valence-corrected chi connectivity index (χ2v) is 5.24. The maximum Gasteiger partial charge on any atom is 0.282 e. The van der Waals surface area contributed by atoms with Gasteiger partial charge in [-0.1, -0.05) is 6.07 Å². The van der Waals surface area contributed by atoms with Gasteiger partial charge in [0.2, 0.25) is 5.88 Å². The van der Waals surface area contributed by atoms with Gasteiger partial charge in [0, 0.05) is 29.9 Å². The van der Waals surface area contributed by atoms with Crippen LogP contribution in [0.5, 0.6) is 11.6 Å². The molecule has 4 rings (SSSR count). The first-order chi connectivity index (χ1) is 11.7. The molecule has 2 aliphatic heterocycles. The second-order valence-electron chi connectivity index (χ2n) is 5.24. The molecule has 0 saturated heterocycles.